The zero-order valence-corrected chi connectivity index (χ0v) is 15.4. The quantitative estimate of drug-likeness (QED) is 0.863. The van der Waals surface area contributed by atoms with Gasteiger partial charge >= 0.3 is 0 Å². The number of nitrogens with zero attached hydrogens (tertiary/aromatic N) is 4. The first-order valence-electron chi connectivity index (χ1n) is 8.12. The minimum atomic E-state index is -3.69. The lowest BCUT2D eigenvalue weighted by molar-refractivity contribution is -0.0541. The first-order valence-corrected chi connectivity index (χ1v) is 9.97. The molecule has 1 aliphatic heterocycles. The van der Waals surface area contributed by atoms with E-state index >= 15 is 0 Å². The Balaban J connectivity index is 1.86. The van der Waals surface area contributed by atoms with E-state index in [0.717, 1.165) is 10.6 Å². The summed E-state index contributed by atoms with van der Waals surface area (Å²) < 4.78 is 67.8. The van der Waals surface area contributed by atoms with E-state index in [0.29, 0.717) is 5.69 Å². The second kappa shape index (κ2) is 6.38. The van der Waals surface area contributed by atoms with Crippen LogP contribution in [0, 0.1) is 5.82 Å². The van der Waals surface area contributed by atoms with Crippen molar-refractivity contribution in [3.63, 3.8) is 0 Å². The summed E-state index contributed by atoms with van der Waals surface area (Å²) >= 11 is 0. The van der Waals surface area contributed by atoms with E-state index in [4.69, 9.17) is 0 Å². The lowest BCUT2D eigenvalue weighted by atomic mass is 10.0. The highest BCUT2D eigenvalue weighted by molar-refractivity contribution is 7.88. The molecule has 1 atom stereocenters. The van der Waals surface area contributed by atoms with E-state index in [2.05, 4.69) is 15.4 Å². The maximum absolute atomic E-state index is 14.4. The van der Waals surface area contributed by atoms with Gasteiger partial charge in [-0.1, -0.05) is 13.8 Å². The van der Waals surface area contributed by atoms with E-state index in [9.17, 15) is 21.6 Å². The van der Waals surface area contributed by atoms with Crippen molar-refractivity contribution >= 4 is 21.5 Å². The predicted octanol–water partition coefficient (Wildman–Crippen LogP) is 2.07. The average Bonchev–Trinajstić information content (AvgIpc) is 2.85. The fourth-order valence-corrected chi connectivity index (χ4v) is 3.82. The molecule has 0 aromatic carbocycles. The van der Waals surface area contributed by atoms with Gasteiger partial charge in [0.05, 0.1) is 25.0 Å². The largest absolute Gasteiger partial charge is 0.344 e. The number of piperidine rings is 1. The second-order valence-corrected chi connectivity index (χ2v) is 8.78. The number of hydrogen-bond donors (Lipinski definition) is 1. The van der Waals surface area contributed by atoms with Crippen molar-refractivity contribution in [2.75, 3.05) is 24.7 Å². The highest BCUT2D eigenvalue weighted by Gasteiger charge is 2.47. The predicted molar refractivity (Wildman–Crippen MR) is 90.4 cm³/mol. The molecule has 2 aromatic heterocycles. The molecule has 0 amide bonds. The molecule has 1 saturated heterocycles. The van der Waals surface area contributed by atoms with Crippen LogP contribution in [-0.2, 0) is 10.0 Å². The number of fused-ring (bicyclic) bond motifs is 1. The molecule has 144 valence electrons. The summed E-state index contributed by atoms with van der Waals surface area (Å²) in [5.41, 5.74) is 0.763. The third-order valence-electron chi connectivity index (χ3n) is 4.42. The molecule has 0 bridgehead atoms. The van der Waals surface area contributed by atoms with E-state index in [1.54, 1.807) is 0 Å². The number of sulfonamides is 1. The van der Waals surface area contributed by atoms with Crippen LogP contribution in [0.25, 0.3) is 5.52 Å². The van der Waals surface area contributed by atoms with Crippen LogP contribution in [0.15, 0.2) is 12.3 Å². The Morgan fingerprint density at radius 3 is 2.65 bits per heavy atom. The van der Waals surface area contributed by atoms with Gasteiger partial charge in [-0.2, -0.15) is 4.31 Å². The summed E-state index contributed by atoms with van der Waals surface area (Å²) in [5.74, 6) is -3.85. The molecule has 0 aliphatic carbocycles. The highest BCUT2D eigenvalue weighted by Crippen LogP contribution is 2.30. The molecule has 1 N–H and O–H groups in total. The van der Waals surface area contributed by atoms with Gasteiger partial charge in [-0.05, 0) is 18.4 Å². The lowest BCUT2D eigenvalue weighted by Crippen LogP contribution is -2.55. The fourth-order valence-electron chi connectivity index (χ4n) is 2.98. The van der Waals surface area contributed by atoms with Crippen LogP contribution in [0.1, 0.15) is 31.9 Å². The number of rotatable bonds is 4. The molecule has 7 nitrogen and oxygen atoms in total. The molecule has 1 aliphatic rings. The molecule has 0 radical (unpaired) electrons. The maximum atomic E-state index is 14.4. The number of halogens is 3. The van der Waals surface area contributed by atoms with Crippen LogP contribution in [-0.4, -0.2) is 58.6 Å². The maximum Gasteiger partial charge on any atom is 0.281 e. The summed E-state index contributed by atoms with van der Waals surface area (Å²) in [5, 5.41) is 6.71. The van der Waals surface area contributed by atoms with Crippen molar-refractivity contribution in [2.45, 2.75) is 38.2 Å². The Kier molecular flexibility index (Phi) is 4.63. The van der Waals surface area contributed by atoms with E-state index in [1.165, 1.54) is 16.8 Å². The zero-order valence-electron chi connectivity index (χ0n) is 14.6. The number of anilines is 1. The standard InChI is InChI=1S/C15H20F3N5O2S/c1-9(2)11-6-10(16)12-7-19-14(21-23(11)12)20-13-4-5-22(26(3,24)25)8-15(13,17)18/h6-7,9,13H,4-5,8H2,1-3H3,(H,20,21)/t13-/m1/s1. The zero-order chi connectivity index (χ0) is 19.3. The lowest BCUT2D eigenvalue weighted by Gasteiger charge is -2.37. The SMILES string of the molecule is CC(C)c1cc(F)c2cnc(N[C@@H]3CCN(S(C)(=O)=O)CC3(F)F)nn12. The summed E-state index contributed by atoms with van der Waals surface area (Å²) in [7, 11) is -3.69. The van der Waals surface area contributed by atoms with Gasteiger partial charge in [0.15, 0.2) is 5.82 Å². The first kappa shape index (κ1) is 18.9. The first-order chi connectivity index (χ1) is 12.0. The molecule has 0 unspecified atom stereocenters. The van der Waals surface area contributed by atoms with Crippen molar-refractivity contribution in [1.29, 1.82) is 0 Å². The highest BCUT2D eigenvalue weighted by atomic mass is 32.2. The molecular formula is C15H20F3N5O2S. The van der Waals surface area contributed by atoms with Crippen molar-refractivity contribution in [2.24, 2.45) is 0 Å². The molecular weight excluding hydrogens is 371 g/mol. The van der Waals surface area contributed by atoms with Crippen LogP contribution in [0.3, 0.4) is 0 Å². The van der Waals surface area contributed by atoms with E-state index < -0.39 is 34.3 Å². The molecule has 26 heavy (non-hydrogen) atoms. The summed E-state index contributed by atoms with van der Waals surface area (Å²) in [6, 6.07) is 0.0262. The molecule has 3 heterocycles. The van der Waals surface area contributed by atoms with Crippen molar-refractivity contribution < 1.29 is 21.6 Å². The number of hydrogen-bond acceptors (Lipinski definition) is 5. The van der Waals surface area contributed by atoms with Gasteiger partial charge in [0, 0.05) is 12.2 Å². The average molecular weight is 391 g/mol. The topological polar surface area (TPSA) is 79.6 Å². The molecule has 3 rings (SSSR count). The van der Waals surface area contributed by atoms with Gasteiger partial charge in [0.1, 0.15) is 5.52 Å². The Morgan fingerprint density at radius 1 is 1.38 bits per heavy atom. The molecule has 0 spiro atoms. The van der Waals surface area contributed by atoms with Crippen LogP contribution >= 0.6 is 0 Å². The Hall–Kier alpha value is -1.88. The molecule has 1 fully saturated rings. The third kappa shape index (κ3) is 3.50. The van der Waals surface area contributed by atoms with Gasteiger partial charge < -0.3 is 5.32 Å². The van der Waals surface area contributed by atoms with Gasteiger partial charge in [0.2, 0.25) is 16.0 Å². The van der Waals surface area contributed by atoms with E-state index in [1.807, 2.05) is 13.8 Å². The molecule has 0 saturated carbocycles. The minimum absolute atomic E-state index is 0.0193. The summed E-state index contributed by atoms with van der Waals surface area (Å²) in [4.78, 5) is 3.92. The van der Waals surface area contributed by atoms with Gasteiger partial charge in [-0.15, -0.1) is 5.10 Å². The van der Waals surface area contributed by atoms with Crippen molar-refractivity contribution in [3.05, 3.63) is 23.8 Å². The van der Waals surface area contributed by atoms with E-state index in [-0.39, 0.29) is 30.3 Å². The fraction of sp³-hybridized carbons (Fsp3) is 0.600. The third-order valence-corrected chi connectivity index (χ3v) is 5.67. The number of alkyl halides is 2. The molecule has 2 aromatic rings. The molecule has 11 heteroatoms. The Labute approximate surface area is 149 Å². The summed E-state index contributed by atoms with van der Waals surface area (Å²) in [6.45, 7) is 2.81. The second-order valence-electron chi connectivity index (χ2n) is 6.79. The van der Waals surface area contributed by atoms with Gasteiger partial charge in [-0.3, -0.25) is 0 Å². The van der Waals surface area contributed by atoms with Gasteiger partial charge in [-0.25, -0.2) is 31.1 Å². The smallest absolute Gasteiger partial charge is 0.281 e. The van der Waals surface area contributed by atoms with Crippen LogP contribution in [0.2, 0.25) is 0 Å². The minimum Gasteiger partial charge on any atom is -0.344 e. The van der Waals surface area contributed by atoms with Gasteiger partial charge in [0.25, 0.3) is 5.92 Å². The van der Waals surface area contributed by atoms with Crippen LogP contribution in [0.5, 0.6) is 0 Å². The summed E-state index contributed by atoms with van der Waals surface area (Å²) in [6.07, 6.45) is 2.04. The number of nitrogens with one attached hydrogen (secondary N) is 1. The Bertz CT molecular complexity index is 929. The Morgan fingerprint density at radius 2 is 2.08 bits per heavy atom. The van der Waals surface area contributed by atoms with Crippen LogP contribution in [0.4, 0.5) is 19.1 Å². The van der Waals surface area contributed by atoms with Crippen molar-refractivity contribution in [3.8, 4) is 0 Å². The van der Waals surface area contributed by atoms with Crippen molar-refractivity contribution in [1.82, 2.24) is 18.9 Å². The van der Waals surface area contributed by atoms with Crippen LogP contribution < -0.4 is 5.32 Å². The number of aromatic nitrogens is 3. The monoisotopic (exact) mass is 391 g/mol. The normalized spacial score (nSPS) is 21.4.